The van der Waals surface area contributed by atoms with Crippen molar-refractivity contribution in [2.24, 2.45) is 0 Å². The minimum atomic E-state index is -0.320. The number of nitrogens with zero attached hydrogens (tertiary/aromatic N) is 2. The lowest BCUT2D eigenvalue weighted by molar-refractivity contribution is -0.0754. The van der Waals surface area contributed by atoms with Crippen LogP contribution < -0.4 is 4.74 Å². The van der Waals surface area contributed by atoms with Crippen LogP contribution in [0.15, 0.2) is 24.3 Å². The van der Waals surface area contributed by atoms with E-state index in [9.17, 15) is 4.79 Å². The van der Waals surface area contributed by atoms with Crippen molar-refractivity contribution in [3.8, 4) is 5.75 Å². The lowest BCUT2D eigenvalue weighted by Crippen LogP contribution is -2.42. The van der Waals surface area contributed by atoms with E-state index >= 15 is 0 Å². The Morgan fingerprint density at radius 1 is 1.36 bits per heavy atom. The molecule has 1 spiro atoms. The molecule has 0 aliphatic carbocycles. The van der Waals surface area contributed by atoms with Gasteiger partial charge in [-0.25, -0.2) is 0 Å². The van der Waals surface area contributed by atoms with E-state index in [0.29, 0.717) is 25.3 Å². The Kier molecular flexibility index (Phi) is 5.61. The molecule has 1 aromatic rings. The molecule has 0 N–H and O–H groups in total. The third kappa shape index (κ3) is 3.97. The molecule has 6 heteroatoms. The van der Waals surface area contributed by atoms with Crippen LogP contribution in [0.25, 0.3) is 0 Å². The van der Waals surface area contributed by atoms with Crippen LogP contribution in [0.4, 0.5) is 0 Å². The molecule has 138 valence electrons. The molecule has 0 aromatic heterocycles. The second-order valence-electron chi connectivity index (χ2n) is 7.10. The maximum absolute atomic E-state index is 12.8. The molecule has 0 radical (unpaired) electrons. The number of methoxy groups -OCH3 is 1. The van der Waals surface area contributed by atoms with Crippen LogP contribution in [0.1, 0.15) is 23.2 Å². The molecule has 25 heavy (non-hydrogen) atoms. The van der Waals surface area contributed by atoms with E-state index in [1.807, 2.05) is 43.3 Å². The molecule has 1 amide bonds. The molecule has 2 aliphatic rings. The number of rotatable bonds is 6. The zero-order chi connectivity index (χ0) is 17.9. The van der Waals surface area contributed by atoms with Crippen LogP contribution in [0.5, 0.6) is 5.75 Å². The molecule has 1 aromatic carbocycles. The summed E-state index contributed by atoms with van der Waals surface area (Å²) in [5, 5.41) is 0. The topological polar surface area (TPSA) is 51.2 Å². The molecule has 0 unspecified atom stereocenters. The van der Waals surface area contributed by atoms with Crippen molar-refractivity contribution in [2.75, 3.05) is 54.1 Å². The van der Waals surface area contributed by atoms with Gasteiger partial charge in [-0.3, -0.25) is 4.79 Å². The number of hydrogen-bond donors (Lipinski definition) is 0. The predicted octanol–water partition coefficient (Wildman–Crippen LogP) is 1.65. The van der Waals surface area contributed by atoms with Gasteiger partial charge in [0.15, 0.2) is 0 Å². The summed E-state index contributed by atoms with van der Waals surface area (Å²) >= 11 is 0. The third-order valence-electron chi connectivity index (χ3n) is 5.05. The lowest BCUT2D eigenvalue weighted by atomic mass is 9.96. The van der Waals surface area contributed by atoms with Crippen molar-refractivity contribution >= 4 is 5.91 Å². The van der Waals surface area contributed by atoms with E-state index in [1.165, 1.54) is 0 Å². The van der Waals surface area contributed by atoms with Crippen molar-refractivity contribution in [2.45, 2.75) is 24.5 Å². The van der Waals surface area contributed by atoms with Gasteiger partial charge in [0.2, 0.25) is 0 Å². The first-order valence-electron chi connectivity index (χ1n) is 8.88. The predicted molar refractivity (Wildman–Crippen MR) is 95.1 cm³/mol. The van der Waals surface area contributed by atoms with E-state index in [-0.39, 0.29) is 17.6 Å². The number of carbonyl (C=O) groups excluding carboxylic acids is 1. The lowest BCUT2D eigenvalue weighted by Gasteiger charge is -2.27. The summed E-state index contributed by atoms with van der Waals surface area (Å²) in [5.74, 6) is 0.805. The van der Waals surface area contributed by atoms with E-state index in [0.717, 1.165) is 31.7 Å². The summed E-state index contributed by atoms with van der Waals surface area (Å²) in [4.78, 5) is 16.7. The molecule has 3 rings (SSSR count). The third-order valence-corrected chi connectivity index (χ3v) is 5.05. The van der Waals surface area contributed by atoms with Gasteiger partial charge in [-0.2, -0.15) is 0 Å². The zero-order valence-electron chi connectivity index (χ0n) is 15.4. The second kappa shape index (κ2) is 7.72. The zero-order valence-corrected chi connectivity index (χ0v) is 15.4. The highest BCUT2D eigenvalue weighted by molar-refractivity contribution is 5.94. The van der Waals surface area contributed by atoms with Crippen molar-refractivity contribution in [1.82, 2.24) is 9.80 Å². The van der Waals surface area contributed by atoms with Gasteiger partial charge in [0.25, 0.3) is 5.91 Å². The van der Waals surface area contributed by atoms with Gasteiger partial charge in [0.1, 0.15) is 24.1 Å². The number of ether oxygens (including phenoxy) is 3. The van der Waals surface area contributed by atoms with Gasteiger partial charge in [-0.15, -0.1) is 0 Å². The highest BCUT2D eigenvalue weighted by atomic mass is 16.6. The van der Waals surface area contributed by atoms with Gasteiger partial charge < -0.3 is 24.0 Å². The molecule has 2 fully saturated rings. The van der Waals surface area contributed by atoms with Crippen LogP contribution in [0, 0.1) is 0 Å². The second-order valence-corrected chi connectivity index (χ2v) is 7.10. The fourth-order valence-electron chi connectivity index (χ4n) is 3.62. The molecule has 0 saturated carbocycles. The Morgan fingerprint density at radius 3 is 2.72 bits per heavy atom. The van der Waals surface area contributed by atoms with Crippen LogP contribution >= 0.6 is 0 Å². The Labute approximate surface area is 149 Å². The standard InChI is InChI=1S/C19H28N2O4/c1-20(2)10-12-24-16-7-5-15(6-8-16)18(22)21-13-17(23-3)19(14-21)9-4-11-25-19/h5-8,17H,4,9-14H2,1-3H3/t17-,19-/m0/s1. The fraction of sp³-hybridized carbons (Fsp3) is 0.632. The molecule has 2 aliphatic heterocycles. The number of hydrogen-bond acceptors (Lipinski definition) is 5. The smallest absolute Gasteiger partial charge is 0.254 e. The number of likely N-dealkylation sites (tertiary alicyclic amines) is 1. The van der Waals surface area contributed by atoms with Crippen LogP contribution in [0.3, 0.4) is 0 Å². The number of likely N-dealkylation sites (N-methyl/N-ethyl adjacent to an activating group) is 1. The van der Waals surface area contributed by atoms with Crippen LogP contribution in [-0.2, 0) is 9.47 Å². The minimum absolute atomic E-state index is 0.0225. The monoisotopic (exact) mass is 348 g/mol. The van der Waals surface area contributed by atoms with Crippen molar-refractivity contribution in [1.29, 1.82) is 0 Å². The van der Waals surface area contributed by atoms with Crippen molar-refractivity contribution in [3.05, 3.63) is 29.8 Å². The average molecular weight is 348 g/mol. The molecule has 2 saturated heterocycles. The molecule has 0 bridgehead atoms. The number of carbonyl (C=O) groups is 1. The summed E-state index contributed by atoms with van der Waals surface area (Å²) < 4.78 is 17.2. The van der Waals surface area contributed by atoms with Gasteiger partial charge in [0.05, 0.1) is 13.1 Å². The number of amides is 1. The highest BCUT2D eigenvalue weighted by Gasteiger charge is 2.51. The quantitative estimate of drug-likeness (QED) is 0.782. The van der Waals surface area contributed by atoms with E-state index in [2.05, 4.69) is 4.90 Å². The normalized spacial score (nSPS) is 25.9. The maximum atomic E-state index is 12.8. The largest absolute Gasteiger partial charge is 0.492 e. The molecule has 6 nitrogen and oxygen atoms in total. The van der Waals surface area contributed by atoms with E-state index in [4.69, 9.17) is 14.2 Å². The Morgan fingerprint density at radius 2 is 2.12 bits per heavy atom. The SMILES string of the molecule is CO[C@H]1CN(C(=O)c2ccc(OCCN(C)C)cc2)C[C@@]12CCCO2. The molecule has 2 heterocycles. The summed E-state index contributed by atoms with van der Waals surface area (Å²) in [5.41, 5.74) is 0.351. The first kappa shape index (κ1) is 18.2. The summed E-state index contributed by atoms with van der Waals surface area (Å²) in [6.45, 7) is 3.42. The summed E-state index contributed by atoms with van der Waals surface area (Å²) in [6, 6.07) is 7.37. The first-order valence-corrected chi connectivity index (χ1v) is 8.88. The van der Waals surface area contributed by atoms with Crippen molar-refractivity contribution in [3.63, 3.8) is 0 Å². The summed E-state index contributed by atoms with van der Waals surface area (Å²) in [7, 11) is 5.71. The fourth-order valence-corrected chi connectivity index (χ4v) is 3.62. The minimum Gasteiger partial charge on any atom is -0.492 e. The van der Waals surface area contributed by atoms with Gasteiger partial charge in [0, 0.05) is 25.8 Å². The average Bonchev–Trinajstić information content (AvgIpc) is 3.22. The maximum Gasteiger partial charge on any atom is 0.254 e. The highest BCUT2D eigenvalue weighted by Crippen LogP contribution is 2.37. The Bertz CT molecular complexity index is 582. The van der Waals surface area contributed by atoms with E-state index in [1.54, 1.807) is 7.11 Å². The molecular formula is C19H28N2O4. The Hall–Kier alpha value is -1.63. The molecule has 2 atom stereocenters. The van der Waals surface area contributed by atoms with Crippen LogP contribution in [-0.4, -0.2) is 81.5 Å². The first-order chi connectivity index (χ1) is 12.0. The van der Waals surface area contributed by atoms with Crippen LogP contribution in [0.2, 0.25) is 0 Å². The van der Waals surface area contributed by atoms with Gasteiger partial charge in [-0.05, 0) is 51.2 Å². The van der Waals surface area contributed by atoms with E-state index < -0.39 is 0 Å². The van der Waals surface area contributed by atoms with Crippen molar-refractivity contribution < 1.29 is 19.0 Å². The van der Waals surface area contributed by atoms with Gasteiger partial charge in [-0.1, -0.05) is 0 Å². The summed E-state index contributed by atoms with van der Waals surface area (Å²) in [6.07, 6.45) is 1.93. The molecular weight excluding hydrogens is 320 g/mol. The van der Waals surface area contributed by atoms with Gasteiger partial charge >= 0.3 is 0 Å². The Balaban J connectivity index is 1.61. The number of benzene rings is 1.